The molecule has 1 fully saturated rings. The number of benzene rings is 1. The van der Waals surface area contributed by atoms with Crippen molar-refractivity contribution in [2.45, 2.75) is 32.4 Å². The minimum Gasteiger partial charge on any atom is -0.317 e. The fraction of sp³-hybridized carbons (Fsp3) is 0.571. The highest BCUT2D eigenvalue weighted by molar-refractivity contribution is 5.27. The van der Waals surface area contributed by atoms with Crippen LogP contribution in [-0.2, 0) is 6.42 Å². The summed E-state index contributed by atoms with van der Waals surface area (Å²) >= 11 is 0. The van der Waals surface area contributed by atoms with Gasteiger partial charge in [0.15, 0.2) is 0 Å². The van der Waals surface area contributed by atoms with E-state index in [4.69, 9.17) is 0 Å². The first-order valence-electron chi connectivity index (χ1n) is 6.26. The van der Waals surface area contributed by atoms with Crippen LogP contribution in [0.15, 0.2) is 18.2 Å². The van der Waals surface area contributed by atoms with Crippen molar-refractivity contribution in [3.05, 3.63) is 35.1 Å². The maximum absolute atomic E-state index is 14.1. The molecule has 1 saturated heterocycles. The Morgan fingerprint density at radius 3 is 2.76 bits per heavy atom. The fourth-order valence-electron chi connectivity index (χ4n) is 2.44. The Morgan fingerprint density at radius 2 is 2.06 bits per heavy atom. The van der Waals surface area contributed by atoms with E-state index in [0.29, 0.717) is 6.42 Å². The molecule has 1 aliphatic heterocycles. The lowest BCUT2D eigenvalue weighted by atomic mass is 9.88. The molecule has 1 aromatic carbocycles. The van der Waals surface area contributed by atoms with E-state index in [1.165, 1.54) is 12.1 Å². The van der Waals surface area contributed by atoms with E-state index >= 15 is 0 Å². The summed E-state index contributed by atoms with van der Waals surface area (Å²) in [5, 5.41) is 3.23. The lowest BCUT2D eigenvalue weighted by molar-refractivity contribution is 0.187. The number of halogens is 2. The molecule has 1 aromatic rings. The van der Waals surface area contributed by atoms with Crippen LogP contribution in [0.4, 0.5) is 8.78 Å². The fourth-order valence-corrected chi connectivity index (χ4v) is 2.44. The van der Waals surface area contributed by atoms with Crippen molar-refractivity contribution in [3.63, 3.8) is 0 Å². The van der Waals surface area contributed by atoms with E-state index in [2.05, 4.69) is 5.32 Å². The van der Waals surface area contributed by atoms with Gasteiger partial charge in [0.25, 0.3) is 0 Å². The van der Waals surface area contributed by atoms with E-state index in [1.54, 1.807) is 6.07 Å². The molecule has 0 bridgehead atoms. The van der Waals surface area contributed by atoms with E-state index in [-0.39, 0.29) is 11.7 Å². The molecule has 17 heavy (non-hydrogen) atoms. The molecule has 1 unspecified atom stereocenters. The van der Waals surface area contributed by atoms with Gasteiger partial charge in [-0.05, 0) is 62.0 Å². The highest BCUT2D eigenvalue weighted by atomic mass is 19.1. The van der Waals surface area contributed by atoms with Gasteiger partial charge in [0, 0.05) is 6.42 Å². The van der Waals surface area contributed by atoms with Crippen molar-refractivity contribution >= 4 is 0 Å². The minimum absolute atomic E-state index is 0.124. The summed E-state index contributed by atoms with van der Waals surface area (Å²) in [5.41, 5.74) is 1.78. The lowest BCUT2D eigenvalue weighted by Crippen LogP contribution is -2.33. The number of rotatable bonds is 3. The molecule has 0 aromatic heterocycles. The van der Waals surface area contributed by atoms with Crippen molar-refractivity contribution in [1.82, 2.24) is 5.32 Å². The smallest absolute Gasteiger partial charge is 0.123 e. The van der Waals surface area contributed by atoms with Gasteiger partial charge in [0.1, 0.15) is 12.0 Å². The molecule has 94 valence electrons. The Balaban J connectivity index is 2.01. The molecule has 2 rings (SSSR count). The first kappa shape index (κ1) is 12.5. The number of nitrogens with one attached hydrogen (secondary N) is 1. The van der Waals surface area contributed by atoms with Crippen molar-refractivity contribution in [2.24, 2.45) is 5.92 Å². The highest BCUT2D eigenvalue weighted by Crippen LogP contribution is 2.23. The predicted molar refractivity (Wildman–Crippen MR) is 65.3 cm³/mol. The quantitative estimate of drug-likeness (QED) is 0.855. The van der Waals surface area contributed by atoms with Crippen LogP contribution in [-0.4, -0.2) is 19.3 Å². The number of hydrogen-bond acceptors (Lipinski definition) is 1. The topological polar surface area (TPSA) is 12.0 Å². The van der Waals surface area contributed by atoms with Gasteiger partial charge in [-0.25, -0.2) is 8.78 Å². The van der Waals surface area contributed by atoms with E-state index < -0.39 is 6.17 Å². The van der Waals surface area contributed by atoms with Crippen molar-refractivity contribution in [1.29, 1.82) is 0 Å². The third-order valence-electron chi connectivity index (χ3n) is 3.62. The van der Waals surface area contributed by atoms with Gasteiger partial charge in [0.2, 0.25) is 0 Å². The zero-order chi connectivity index (χ0) is 12.3. The van der Waals surface area contributed by atoms with Gasteiger partial charge >= 0.3 is 0 Å². The van der Waals surface area contributed by atoms with Gasteiger partial charge in [-0.15, -0.1) is 0 Å². The van der Waals surface area contributed by atoms with Crippen LogP contribution >= 0.6 is 0 Å². The molecular formula is C14H19F2N. The largest absolute Gasteiger partial charge is 0.317 e. The third kappa shape index (κ3) is 3.25. The van der Waals surface area contributed by atoms with Crippen LogP contribution in [0, 0.1) is 18.7 Å². The third-order valence-corrected chi connectivity index (χ3v) is 3.62. The summed E-state index contributed by atoms with van der Waals surface area (Å²) in [6.07, 6.45) is 1.26. The maximum Gasteiger partial charge on any atom is 0.123 e. The molecule has 1 aliphatic rings. The van der Waals surface area contributed by atoms with Gasteiger partial charge in [-0.2, -0.15) is 0 Å². The Morgan fingerprint density at radius 1 is 1.35 bits per heavy atom. The van der Waals surface area contributed by atoms with Crippen molar-refractivity contribution < 1.29 is 8.78 Å². The maximum atomic E-state index is 14.1. The number of alkyl halides is 1. The van der Waals surface area contributed by atoms with Gasteiger partial charge in [-0.1, -0.05) is 6.07 Å². The second kappa shape index (κ2) is 5.58. The van der Waals surface area contributed by atoms with Crippen molar-refractivity contribution in [3.8, 4) is 0 Å². The first-order chi connectivity index (χ1) is 8.16. The van der Waals surface area contributed by atoms with Crippen LogP contribution < -0.4 is 5.32 Å². The second-order valence-corrected chi connectivity index (χ2v) is 4.88. The average Bonchev–Trinajstić information content (AvgIpc) is 2.35. The molecule has 0 saturated carbocycles. The molecule has 0 aliphatic carbocycles. The molecule has 1 nitrogen and oxygen atoms in total. The number of aryl methyl sites for hydroxylation is 1. The van der Waals surface area contributed by atoms with E-state index in [0.717, 1.165) is 37.1 Å². The summed E-state index contributed by atoms with van der Waals surface area (Å²) in [4.78, 5) is 0. The SMILES string of the molecule is Cc1ccc(F)cc1CC(F)C1CCNCC1. The van der Waals surface area contributed by atoms with Crippen LogP contribution in [0.3, 0.4) is 0 Å². The molecule has 0 radical (unpaired) electrons. The molecular weight excluding hydrogens is 220 g/mol. The summed E-state index contributed by atoms with van der Waals surface area (Å²) in [6.45, 7) is 3.70. The zero-order valence-electron chi connectivity index (χ0n) is 10.2. The standard InChI is InChI=1S/C14H19F2N/c1-10-2-3-13(15)8-12(10)9-14(16)11-4-6-17-7-5-11/h2-3,8,11,14,17H,4-7,9H2,1H3. The monoisotopic (exact) mass is 239 g/mol. The summed E-state index contributed by atoms with van der Waals surface area (Å²) in [7, 11) is 0. The van der Waals surface area contributed by atoms with Crippen LogP contribution in [0.5, 0.6) is 0 Å². The Bertz CT molecular complexity index is 372. The molecule has 0 spiro atoms. The zero-order valence-corrected chi connectivity index (χ0v) is 10.2. The summed E-state index contributed by atoms with van der Waals surface area (Å²) in [5.74, 6) is -0.151. The van der Waals surface area contributed by atoms with Crippen LogP contribution in [0.2, 0.25) is 0 Å². The Hall–Kier alpha value is -0.960. The minimum atomic E-state index is -0.849. The first-order valence-corrected chi connectivity index (χ1v) is 6.26. The van der Waals surface area contributed by atoms with Crippen LogP contribution in [0.25, 0.3) is 0 Å². The van der Waals surface area contributed by atoms with Gasteiger partial charge in [-0.3, -0.25) is 0 Å². The van der Waals surface area contributed by atoms with E-state index in [1.807, 2.05) is 6.92 Å². The summed E-state index contributed by atoms with van der Waals surface area (Å²) in [6, 6.07) is 4.61. The Labute approximate surface area is 101 Å². The molecule has 3 heteroatoms. The Kier molecular flexibility index (Phi) is 4.11. The molecule has 1 heterocycles. The number of piperidine rings is 1. The normalized spacial score (nSPS) is 19.2. The van der Waals surface area contributed by atoms with Crippen LogP contribution in [0.1, 0.15) is 24.0 Å². The molecule has 1 atom stereocenters. The number of hydrogen-bond donors (Lipinski definition) is 1. The van der Waals surface area contributed by atoms with Gasteiger partial charge in [0.05, 0.1) is 0 Å². The lowest BCUT2D eigenvalue weighted by Gasteiger charge is -2.26. The highest BCUT2D eigenvalue weighted by Gasteiger charge is 2.23. The van der Waals surface area contributed by atoms with E-state index in [9.17, 15) is 8.78 Å². The summed E-state index contributed by atoms with van der Waals surface area (Å²) < 4.78 is 27.2. The molecule has 1 N–H and O–H groups in total. The van der Waals surface area contributed by atoms with Gasteiger partial charge < -0.3 is 5.32 Å². The average molecular weight is 239 g/mol. The predicted octanol–water partition coefficient (Wildman–Crippen LogP) is 3.01. The van der Waals surface area contributed by atoms with Crippen molar-refractivity contribution in [2.75, 3.05) is 13.1 Å². The second-order valence-electron chi connectivity index (χ2n) is 4.88. The molecule has 0 amide bonds.